The zero-order valence-electron chi connectivity index (χ0n) is 9.65. The average molecular weight is 263 g/mol. The summed E-state index contributed by atoms with van der Waals surface area (Å²) in [6.07, 6.45) is 4.02. The number of hydrogen-bond acceptors (Lipinski definition) is 3. The maximum Gasteiger partial charge on any atom is 0.257 e. The van der Waals surface area contributed by atoms with Gasteiger partial charge in [0.1, 0.15) is 0 Å². The maximum absolute atomic E-state index is 11.1. The Morgan fingerprint density at radius 3 is 2.83 bits per heavy atom. The van der Waals surface area contributed by atoms with E-state index >= 15 is 0 Å². The summed E-state index contributed by atoms with van der Waals surface area (Å²) < 4.78 is 24.0. The lowest BCUT2D eigenvalue weighted by atomic mass is 9.77. The number of hydrogen-bond donors (Lipinski definition) is 1. The van der Waals surface area contributed by atoms with Crippen LogP contribution < -0.4 is 5.14 Å². The molecule has 0 fully saturated rings. The van der Waals surface area contributed by atoms with E-state index < -0.39 is 10.0 Å². The van der Waals surface area contributed by atoms with Gasteiger partial charge in [-0.15, -0.1) is 0 Å². The molecule has 18 heavy (non-hydrogen) atoms. The Morgan fingerprint density at radius 1 is 1.39 bits per heavy atom. The molecule has 1 aromatic carbocycles. The zero-order chi connectivity index (χ0) is 12.8. The fraction of sp³-hybridized carbons (Fsp3) is 0.250. The summed E-state index contributed by atoms with van der Waals surface area (Å²) in [7, 11) is -3.70. The lowest BCUT2D eigenvalue weighted by molar-refractivity contribution is 0.507. The molecular weight excluding hydrogens is 250 g/mol. The van der Waals surface area contributed by atoms with Gasteiger partial charge in [-0.3, -0.25) is 0 Å². The largest absolute Gasteiger partial charge is 0.335 e. The van der Waals surface area contributed by atoms with Crippen LogP contribution in [0.2, 0.25) is 0 Å². The second-order valence-corrected chi connectivity index (χ2v) is 6.06. The number of fused-ring (bicyclic) bond motifs is 1. The molecule has 0 spiro atoms. The predicted octanol–water partition coefficient (Wildman–Crippen LogP) is 0.870. The van der Waals surface area contributed by atoms with Gasteiger partial charge in [0.05, 0.1) is 6.33 Å². The highest BCUT2D eigenvalue weighted by Crippen LogP contribution is 2.35. The van der Waals surface area contributed by atoms with Crippen LogP contribution in [0.1, 0.15) is 17.0 Å². The molecular formula is C12H13N3O2S. The van der Waals surface area contributed by atoms with E-state index in [2.05, 4.69) is 17.1 Å². The Hall–Kier alpha value is -1.66. The monoisotopic (exact) mass is 263 g/mol. The molecule has 6 heteroatoms. The molecule has 0 aliphatic heterocycles. The van der Waals surface area contributed by atoms with Gasteiger partial charge in [-0.2, -0.15) is 0 Å². The minimum Gasteiger partial charge on any atom is -0.335 e. The van der Waals surface area contributed by atoms with Gasteiger partial charge in [-0.05, 0) is 17.5 Å². The van der Waals surface area contributed by atoms with Crippen LogP contribution in [0.25, 0.3) is 0 Å². The number of rotatable bonds is 3. The summed E-state index contributed by atoms with van der Waals surface area (Å²) in [6, 6.07) is 8.29. The number of benzene rings is 1. The molecule has 2 N–H and O–H groups in total. The summed E-state index contributed by atoms with van der Waals surface area (Å²) in [6.45, 7) is 0.736. The number of nitrogens with zero attached hydrogens (tertiary/aromatic N) is 2. The summed E-state index contributed by atoms with van der Waals surface area (Å²) in [5.74, 6) is 0.434. The van der Waals surface area contributed by atoms with Crippen molar-refractivity contribution in [2.45, 2.75) is 23.9 Å². The van der Waals surface area contributed by atoms with Gasteiger partial charge in [0, 0.05) is 18.7 Å². The van der Waals surface area contributed by atoms with Crippen LogP contribution in [0.4, 0.5) is 0 Å². The Kier molecular flexibility index (Phi) is 2.49. The molecule has 1 heterocycles. The summed E-state index contributed by atoms with van der Waals surface area (Å²) in [5.41, 5.74) is 2.71. The van der Waals surface area contributed by atoms with Crippen LogP contribution in [0, 0.1) is 0 Å². The van der Waals surface area contributed by atoms with E-state index in [9.17, 15) is 8.42 Å². The van der Waals surface area contributed by atoms with Crippen LogP contribution in [-0.2, 0) is 23.0 Å². The molecule has 0 radical (unpaired) electrons. The van der Waals surface area contributed by atoms with Crippen molar-refractivity contribution in [3.8, 4) is 0 Å². The Bertz CT molecular complexity index is 691. The fourth-order valence-electron chi connectivity index (χ4n) is 2.37. The van der Waals surface area contributed by atoms with Gasteiger partial charge in [-0.1, -0.05) is 24.3 Å². The number of nitrogens with two attached hydrogens (primary N) is 1. The molecule has 3 rings (SSSR count). The number of aromatic nitrogens is 2. The van der Waals surface area contributed by atoms with E-state index in [1.54, 1.807) is 4.57 Å². The summed E-state index contributed by atoms with van der Waals surface area (Å²) in [4.78, 5) is 3.80. The normalized spacial score (nSPS) is 18.2. The minimum absolute atomic E-state index is 0.0740. The van der Waals surface area contributed by atoms with Crippen LogP contribution in [0.5, 0.6) is 0 Å². The van der Waals surface area contributed by atoms with Crippen molar-refractivity contribution >= 4 is 10.0 Å². The lowest BCUT2D eigenvalue weighted by Crippen LogP contribution is -2.21. The van der Waals surface area contributed by atoms with Crippen molar-refractivity contribution in [3.63, 3.8) is 0 Å². The van der Waals surface area contributed by atoms with Crippen molar-refractivity contribution in [1.82, 2.24) is 9.55 Å². The third-order valence-corrected chi connectivity index (χ3v) is 4.09. The predicted molar refractivity (Wildman–Crippen MR) is 66.5 cm³/mol. The van der Waals surface area contributed by atoms with Gasteiger partial charge >= 0.3 is 0 Å². The highest BCUT2D eigenvalue weighted by atomic mass is 32.2. The van der Waals surface area contributed by atoms with E-state index in [-0.39, 0.29) is 5.03 Å². The Morgan fingerprint density at radius 2 is 2.17 bits per heavy atom. The van der Waals surface area contributed by atoms with E-state index in [0.29, 0.717) is 5.92 Å². The fourth-order valence-corrected chi connectivity index (χ4v) is 2.84. The lowest BCUT2D eigenvalue weighted by Gasteiger charge is -2.30. The first-order chi connectivity index (χ1) is 8.54. The smallest absolute Gasteiger partial charge is 0.257 e. The third kappa shape index (κ3) is 1.93. The van der Waals surface area contributed by atoms with Crippen molar-refractivity contribution in [2.75, 3.05) is 0 Å². The molecule has 0 amide bonds. The van der Waals surface area contributed by atoms with Crippen molar-refractivity contribution < 1.29 is 8.42 Å². The summed E-state index contributed by atoms with van der Waals surface area (Å²) in [5, 5.41) is 4.95. The van der Waals surface area contributed by atoms with Gasteiger partial charge in [0.15, 0.2) is 5.03 Å². The second-order valence-electron chi connectivity index (χ2n) is 4.55. The third-order valence-electron chi connectivity index (χ3n) is 3.29. The van der Waals surface area contributed by atoms with Crippen LogP contribution in [0.3, 0.4) is 0 Å². The number of imidazole rings is 1. The molecule has 1 aliphatic carbocycles. The molecule has 1 atom stereocenters. The van der Waals surface area contributed by atoms with E-state index in [1.807, 2.05) is 12.1 Å². The van der Waals surface area contributed by atoms with Crippen LogP contribution in [-0.4, -0.2) is 18.0 Å². The highest BCUT2D eigenvalue weighted by molar-refractivity contribution is 7.89. The van der Waals surface area contributed by atoms with Crippen molar-refractivity contribution in [1.29, 1.82) is 0 Å². The molecule has 94 valence electrons. The molecule has 1 aromatic heterocycles. The van der Waals surface area contributed by atoms with Gasteiger partial charge in [0.25, 0.3) is 10.0 Å². The minimum atomic E-state index is -3.70. The molecule has 1 unspecified atom stereocenters. The van der Waals surface area contributed by atoms with E-state index in [4.69, 9.17) is 5.14 Å². The molecule has 0 bridgehead atoms. The molecule has 1 aliphatic rings. The second kappa shape index (κ2) is 3.93. The molecule has 2 aromatic rings. The molecule has 0 saturated carbocycles. The first kappa shape index (κ1) is 11.4. The van der Waals surface area contributed by atoms with E-state index in [1.165, 1.54) is 23.7 Å². The van der Waals surface area contributed by atoms with Crippen LogP contribution in [0.15, 0.2) is 41.8 Å². The SMILES string of the molecule is NS(=O)(=O)c1cn(CC2Cc3ccccc32)cn1. The van der Waals surface area contributed by atoms with Crippen LogP contribution >= 0.6 is 0 Å². The summed E-state index contributed by atoms with van der Waals surface area (Å²) >= 11 is 0. The molecule has 0 saturated heterocycles. The first-order valence-corrected chi connectivity index (χ1v) is 7.21. The number of primary sulfonamides is 1. The topological polar surface area (TPSA) is 78.0 Å². The quantitative estimate of drug-likeness (QED) is 0.892. The van der Waals surface area contributed by atoms with Crippen molar-refractivity contribution in [2.24, 2.45) is 5.14 Å². The maximum atomic E-state index is 11.1. The molecule has 5 nitrogen and oxygen atoms in total. The Labute approximate surface area is 105 Å². The average Bonchev–Trinajstić information content (AvgIpc) is 2.74. The Balaban J connectivity index is 1.78. The van der Waals surface area contributed by atoms with Crippen molar-refractivity contribution in [3.05, 3.63) is 47.9 Å². The van der Waals surface area contributed by atoms with Gasteiger partial charge < -0.3 is 4.57 Å². The highest BCUT2D eigenvalue weighted by Gasteiger charge is 2.25. The van der Waals surface area contributed by atoms with Gasteiger partial charge in [-0.25, -0.2) is 18.5 Å². The first-order valence-electron chi connectivity index (χ1n) is 5.66. The number of sulfonamides is 1. The van der Waals surface area contributed by atoms with E-state index in [0.717, 1.165) is 13.0 Å². The standard InChI is InChI=1S/C12H13N3O2S/c13-18(16,17)12-7-15(8-14-12)6-10-5-9-3-1-2-4-11(9)10/h1-4,7-8,10H,5-6H2,(H2,13,16,17). The zero-order valence-corrected chi connectivity index (χ0v) is 10.5. The van der Waals surface area contributed by atoms with Gasteiger partial charge in [0.2, 0.25) is 0 Å².